The minimum Gasteiger partial charge on any atom is -0.359 e. The molecule has 0 bridgehead atoms. The summed E-state index contributed by atoms with van der Waals surface area (Å²) >= 11 is 5.90. The van der Waals surface area contributed by atoms with Crippen molar-refractivity contribution in [2.24, 2.45) is 0 Å². The van der Waals surface area contributed by atoms with E-state index in [1.807, 2.05) is 6.07 Å². The summed E-state index contributed by atoms with van der Waals surface area (Å²) in [6, 6.07) is 5.82. The first kappa shape index (κ1) is 13.4. The number of benzene rings is 1. The van der Waals surface area contributed by atoms with E-state index in [-0.39, 0.29) is 22.1 Å². The normalized spacial score (nSPS) is 10.9. The molecule has 0 fully saturated rings. The molecule has 0 aliphatic rings. The van der Waals surface area contributed by atoms with Crippen LogP contribution >= 0.6 is 11.6 Å². The lowest BCUT2D eigenvalue weighted by Crippen LogP contribution is -1.95. The van der Waals surface area contributed by atoms with Crippen LogP contribution in [0.15, 0.2) is 24.4 Å². The van der Waals surface area contributed by atoms with Crippen LogP contribution in [0.4, 0.5) is 11.4 Å². The van der Waals surface area contributed by atoms with Crippen molar-refractivity contribution in [1.82, 2.24) is 20.6 Å². The molecule has 1 aromatic carbocycles. The Balaban J connectivity index is 2.22. The lowest BCUT2D eigenvalue weighted by molar-refractivity contribution is -0.384. The summed E-state index contributed by atoms with van der Waals surface area (Å²) < 4.78 is 0. The number of nitrogens with zero attached hydrogens (tertiary/aromatic N) is 5. The second kappa shape index (κ2) is 5.77. The lowest BCUT2D eigenvalue weighted by Gasteiger charge is -2.03. The SMILES string of the molecule is N#CC(=CNc1ccc([N+](=O)[O-])cc1Cl)c1nn[nH]n1. The number of hydrogen-bond donors (Lipinski definition) is 2. The van der Waals surface area contributed by atoms with Crippen molar-refractivity contribution in [3.05, 3.63) is 45.4 Å². The summed E-state index contributed by atoms with van der Waals surface area (Å²) in [5.41, 5.74) is 0.421. The van der Waals surface area contributed by atoms with E-state index in [1.165, 1.54) is 24.4 Å². The Bertz CT molecular complexity index is 705. The molecular formula is C10H6ClN7O2. The van der Waals surface area contributed by atoms with E-state index >= 15 is 0 Å². The van der Waals surface area contributed by atoms with Gasteiger partial charge in [-0.15, -0.1) is 10.2 Å². The van der Waals surface area contributed by atoms with Gasteiger partial charge in [0.05, 0.1) is 15.6 Å². The maximum Gasteiger partial charge on any atom is 0.271 e. The molecule has 0 spiro atoms. The predicted molar refractivity (Wildman–Crippen MR) is 69.5 cm³/mol. The topological polar surface area (TPSA) is 133 Å². The second-order valence-corrected chi connectivity index (χ2v) is 3.88. The number of non-ortho nitro benzene ring substituents is 1. The van der Waals surface area contributed by atoms with Gasteiger partial charge in [-0.3, -0.25) is 10.1 Å². The van der Waals surface area contributed by atoms with Crippen LogP contribution in [0.3, 0.4) is 0 Å². The van der Waals surface area contributed by atoms with Crippen molar-refractivity contribution in [2.45, 2.75) is 0 Å². The van der Waals surface area contributed by atoms with Crippen LogP contribution in [0.2, 0.25) is 5.02 Å². The van der Waals surface area contributed by atoms with Gasteiger partial charge in [0.1, 0.15) is 11.6 Å². The highest BCUT2D eigenvalue weighted by Gasteiger charge is 2.10. The Labute approximate surface area is 117 Å². The number of hydrogen-bond acceptors (Lipinski definition) is 7. The molecule has 100 valence electrons. The second-order valence-electron chi connectivity index (χ2n) is 3.47. The van der Waals surface area contributed by atoms with Crippen molar-refractivity contribution in [3.63, 3.8) is 0 Å². The number of nitrogens with one attached hydrogen (secondary N) is 2. The van der Waals surface area contributed by atoms with Crippen LogP contribution < -0.4 is 5.32 Å². The van der Waals surface area contributed by atoms with Gasteiger partial charge >= 0.3 is 0 Å². The van der Waals surface area contributed by atoms with Gasteiger partial charge < -0.3 is 5.32 Å². The van der Waals surface area contributed by atoms with E-state index in [4.69, 9.17) is 16.9 Å². The Kier molecular flexibility index (Phi) is 3.88. The number of nitro benzene ring substituents is 1. The van der Waals surface area contributed by atoms with E-state index < -0.39 is 4.92 Å². The van der Waals surface area contributed by atoms with Gasteiger partial charge in [-0.05, 0) is 11.3 Å². The molecule has 1 aromatic heterocycles. The number of halogens is 1. The zero-order valence-electron chi connectivity index (χ0n) is 9.74. The summed E-state index contributed by atoms with van der Waals surface area (Å²) in [4.78, 5) is 10.0. The van der Waals surface area contributed by atoms with Crippen molar-refractivity contribution in [2.75, 3.05) is 5.32 Å². The van der Waals surface area contributed by atoms with Crippen LogP contribution in [-0.4, -0.2) is 25.5 Å². The molecule has 0 aliphatic carbocycles. The molecule has 2 N–H and O–H groups in total. The molecule has 1 heterocycles. The largest absolute Gasteiger partial charge is 0.359 e. The average Bonchev–Trinajstić information content (AvgIpc) is 2.95. The van der Waals surface area contributed by atoms with Crippen LogP contribution in [0.25, 0.3) is 5.57 Å². The maximum atomic E-state index is 10.6. The lowest BCUT2D eigenvalue weighted by atomic mass is 10.2. The number of allylic oxidation sites excluding steroid dienone is 1. The first-order valence-corrected chi connectivity index (χ1v) is 5.54. The minimum atomic E-state index is -0.550. The molecule has 2 rings (SSSR count). The number of rotatable bonds is 4. The number of nitro groups is 1. The van der Waals surface area contributed by atoms with E-state index in [2.05, 4.69) is 25.9 Å². The molecule has 2 aromatic rings. The predicted octanol–water partition coefficient (Wildman–Crippen LogP) is 1.74. The van der Waals surface area contributed by atoms with Gasteiger partial charge in [-0.25, -0.2) is 0 Å². The molecule has 0 radical (unpaired) electrons. The van der Waals surface area contributed by atoms with Gasteiger partial charge in [-0.2, -0.15) is 10.5 Å². The highest BCUT2D eigenvalue weighted by atomic mass is 35.5. The summed E-state index contributed by atoms with van der Waals surface area (Å²) in [5, 5.41) is 35.3. The summed E-state index contributed by atoms with van der Waals surface area (Å²) in [6.45, 7) is 0. The number of aromatic amines is 1. The van der Waals surface area contributed by atoms with Gasteiger partial charge in [0, 0.05) is 18.3 Å². The molecule has 0 atom stereocenters. The van der Waals surface area contributed by atoms with Crippen molar-refractivity contribution >= 4 is 28.5 Å². The third kappa shape index (κ3) is 2.88. The fourth-order valence-electron chi connectivity index (χ4n) is 1.31. The molecule has 9 nitrogen and oxygen atoms in total. The number of nitriles is 1. The number of H-pyrrole nitrogens is 1. The molecule has 10 heteroatoms. The average molecular weight is 292 g/mol. The minimum absolute atomic E-state index is 0.122. The maximum absolute atomic E-state index is 10.6. The highest BCUT2D eigenvalue weighted by molar-refractivity contribution is 6.33. The highest BCUT2D eigenvalue weighted by Crippen LogP contribution is 2.26. The number of tetrazole rings is 1. The van der Waals surface area contributed by atoms with E-state index in [0.29, 0.717) is 5.69 Å². The van der Waals surface area contributed by atoms with E-state index in [9.17, 15) is 10.1 Å². The van der Waals surface area contributed by atoms with Crippen LogP contribution in [-0.2, 0) is 0 Å². The van der Waals surface area contributed by atoms with Crippen molar-refractivity contribution < 1.29 is 4.92 Å². The Hall–Kier alpha value is -2.99. The number of anilines is 1. The summed E-state index contributed by atoms with van der Waals surface area (Å²) in [5.74, 6) is 0.123. The van der Waals surface area contributed by atoms with Crippen LogP contribution in [0.1, 0.15) is 5.82 Å². The Morgan fingerprint density at radius 1 is 1.60 bits per heavy atom. The molecule has 0 saturated carbocycles. The fraction of sp³-hybridized carbons (Fsp3) is 0. The molecule has 0 saturated heterocycles. The Morgan fingerprint density at radius 3 is 2.95 bits per heavy atom. The molecule has 0 unspecified atom stereocenters. The first-order chi connectivity index (χ1) is 9.61. The molecule has 20 heavy (non-hydrogen) atoms. The van der Waals surface area contributed by atoms with Crippen molar-refractivity contribution in [1.29, 1.82) is 5.26 Å². The number of aromatic nitrogens is 4. The summed E-state index contributed by atoms with van der Waals surface area (Å²) in [6.07, 6.45) is 1.33. The quantitative estimate of drug-likeness (QED) is 0.497. The smallest absolute Gasteiger partial charge is 0.271 e. The third-order valence-corrected chi connectivity index (χ3v) is 2.55. The zero-order chi connectivity index (χ0) is 14.5. The molecule has 0 aliphatic heterocycles. The molecular weight excluding hydrogens is 286 g/mol. The van der Waals surface area contributed by atoms with Gasteiger partial charge in [-0.1, -0.05) is 11.6 Å². The van der Waals surface area contributed by atoms with E-state index in [0.717, 1.165) is 0 Å². The monoisotopic (exact) mass is 291 g/mol. The van der Waals surface area contributed by atoms with Gasteiger partial charge in [0.15, 0.2) is 0 Å². The van der Waals surface area contributed by atoms with Gasteiger partial charge in [0.2, 0.25) is 5.82 Å². The fourth-order valence-corrected chi connectivity index (χ4v) is 1.54. The van der Waals surface area contributed by atoms with E-state index in [1.54, 1.807) is 0 Å². The first-order valence-electron chi connectivity index (χ1n) is 5.16. The van der Waals surface area contributed by atoms with Gasteiger partial charge in [0.25, 0.3) is 5.69 Å². The third-order valence-electron chi connectivity index (χ3n) is 2.24. The summed E-state index contributed by atoms with van der Waals surface area (Å²) in [7, 11) is 0. The zero-order valence-corrected chi connectivity index (χ0v) is 10.5. The van der Waals surface area contributed by atoms with Crippen LogP contribution in [0, 0.1) is 21.4 Å². The standard InChI is InChI=1S/C10H6ClN7O2/c11-8-3-7(18(19)20)1-2-9(8)13-5-6(4-12)10-14-16-17-15-10/h1-3,5,13H,(H,14,15,16,17). The van der Waals surface area contributed by atoms with Crippen molar-refractivity contribution in [3.8, 4) is 6.07 Å². The van der Waals surface area contributed by atoms with Crippen LogP contribution in [0.5, 0.6) is 0 Å². The molecule has 0 amide bonds. The Morgan fingerprint density at radius 2 is 2.40 bits per heavy atom.